The van der Waals surface area contributed by atoms with Gasteiger partial charge in [0.15, 0.2) is 11.2 Å². The number of imidazole rings is 1. The third kappa shape index (κ3) is 2.92. The van der Waals surface area contributed by atoms with Crippen molar-refractivity contribution in [2.75, 3.05) is 12.8 Å². The van der Waals surface area contributed by atoms with E-state index in [1.807, 2.05) is 19.2 Å². The van der Waals surface area contributed by atoms with Crippen LogP contribution in [0.5, 0.6) is 5.88 Å². The molecule has 0 saturated carbocycles. The monoisotopic (exact) mass is 284 g/mol. The number of H-pyrrole nitrogens is 1. The van der Waals surface area contributed by atoms with Gasteiger partial charge in [-0.3, -0.25) is 0 Å². The molecule has 2 aromatic heterocycles. The molecule has 0 amide bonds. The number of nitrogens with two attached hydrogens (primary N) is 1. The molecule has 0 aliphatic carbocycles. The molecule has 4 N–H and O–H groups in total. The van der Waals surface area contributed by atoms with E-state index < -0.39 is 0 Å². The number of aromatic amines is 1. The third-order valence-electron chi connectivity index (χ3n) is 3.04. The van der Waals surface area contributed by atoms with Gasteiger partial charge in [-0.15, -0.1) is 0 Å². The van der Waals surface area contributed by atoms with Crippen LogP contribution in [0.25, 0.3) is 11.2 Å². The maximum Gasteiger partial charge on any atom is 0.247 e. The van der Waals surface area contributed by atoms with Crippen LogP contribution in [0, 0.1) is 0 Å². The van der Waals surface area contributed by atoms with E-state index in [1.165, 1.54) is 11.9 Å². The maximum absolute atomic E-state index is 5.72. The number of nitrogen functional groups attached to an aromatic ring is 1. The Morgan fingerprint density at radius 2 is 1.95 bits per heavy atom. The highest BCUT2D eigenvalue weighted by Gasteiger charge is 2.10. The number of ether oxygens (including phenoxy) is 1. The molecule has 1 aromatic carbocycles. The summed E-state index contributed by atoms with van der Waals surface area (Å²) in [5.41, 5.74) is 9.08. The first-order chi connectivity index (χ1) is 10.3. The number of nitrogens with zero attached hydrogens (tertiary/aromatic N) is 3. The molecule has 0 spiro atoms. The normalized spacial score (nSPS) is 10.9. The van der Waals surface area contributed by atoms with Crippen molar-refractivity contribution in [2.24, 2.45) is 0 Å². The molecule has 108 valence electrons. The van der Waals surface area contributed by atoms with Crippen molar-refractivity contribution in [3.63, 3.8) is 0 Å². The lowest BCUT2D eigenvalue weighted by Gasteiger charge is -2.07. The molecule has 21 heavy (non-hydrogen) atoms. The van der Waals surface area contributed by atoms with Gasteiger partial charge in [0.1, 0.15) is 6.61 Å². The fourth-order valence-corrected chi connectivity index (χ4v) is 2.04. The molecule has 0 unspecified atom stereocenters. The second kappa shape index (κ2) is 5.76. The zero-order chi connectivity index (χ0) is 14.7. The van der Waals surface area contributed by atoms with E-state index in [-0.39, 0.29) is 5.95 Å². The second-order valence-electron chi connectivity index (χ2n) is 4.62. The lowest BCUT2D eigenvalue weighted by atomic mass is 10.1. The van der Waals surface area contributed by atoms with Crippen LogP contribution in [-0.2, 0) is 13.2 Å². The predicted octanol–water partition coefficient (Wildman–Crippen LogP) is 1.23. The minimum atomic E-state index is 0.158. The number of hydrogen-bond donors (Lipinski definition) is 3. The summed E-state index contributed by atoms with van der Waals surface area (Å²) in [6, 6.07) is 8.18. The van der Waals surface area contributed by atoms with E-state index in [2.05, 4.69) is 37.4 Å². The molecule has 7 heteroatoms. The zero-order valence-electron chi connectivity index (χ0n) is 11.6. The highest BCUT2D eigenvalue weighted by Crippen LogP contribution is 2.20. The van der Waals surface area contributed by atoms with E-state index in [9.17, 15) is 0 Å². The van der Waals surface area contributed by atoms with Gasteiger partial charge >= 0.3 is 0 Å². The molecular formula is C14H16N6O. The highest BCUT2D eigenvalue weighted by molar-refractivity contribution is 5.76. The van der Waals surface area contributed by atoms with E-state index in [1.54, 1.807) is 0 Å². The lowest BCUT2D eigenvalue weighted by Crippen LogP contribution is -2.05. The van der Waals surface area contributed by atoms with Crippen molar-refractivity contribution in [3.05, 3.63) is 41.7 Å². The standard InChI is InChI=1S/C14H16N6O/c1-16-6-9-2-4-10(5-3-9)7-21-13-11-12(18-8-17-11)19-14(15)20-13/h2-5,8,16H,6-7H2,1H3,(H3,15,17,18,19,20). The first kappa shape index (κ1) is 13.3. The molecule has 0 bridgehead atoms. The smallest absolute Gasteiger partial charge is 0.247 e. The van der Waals surface area contributed by atoms with Crippen molar-refractivity contribution in [1.29, 1.82) is 0 Å². The number of aromatic nitrogens is 4. The Morgan fingerprint density at radius 3 is 2.71 bits per heavy atom. The Hall–Kier alpha value is -2.67. The van der Waals surface area contributed by atoms with Gasteiger partial charge < -0.3 is 20.8 Å². The van der Waals surface area contributed by atoms with E-state index >= 15 is 0 Å². The summed E-state index contributed by atoms with van der Waals surface area (Å²) in [4.78, 5) is 15.2. The Morgan fingerprint density at radius 1 is 1.19 bits per heavy atom. The fraction of sp³-hybridized carbons (Fsp3) is 0.214. The molecular weight excluding hydrogens is 268 g/mol. The largest absolute Gasteiger partial charge is 0.471 e. The van der Waals surface area contributed by atoms with Crippen LogP contribution in [0.2, 0.25) is 0 Å². The summed E-state index contributed by atoms with van der Waals surface area (Å²) in [6.07, 6.45) is 1.54. The first-order valence-corrected chi connectivity index (χ1v) is 6.58. The molecule has 0 aliphatic heterocycles. The van der Waals surface area contributed by atoms with Gasteiger partial charge in [0.25, 0.3) is 0 Å². The van der Waals surface area contributed by atoms with Crippen LogP contribution < -0.4 is 15.8 Å². The second-order valence-corrected chi connectivity index (χ2v) is 4.62. The van der Waals surface area contributed by atoms with E-state index in [0.717, 1.165) is 12.1 Å². The molecule has 7 nitrogen and oxygen atoms in total. The molecule has 0 fully saturated rings. The van der Waals surface area contributed by atoms with Crippen LogP contribution in [0.1, 0.15) is 11.1 Å². The average molecular weight is 284 g/mol. The van der Waals surface area contributed by atoms with Gasteiger partial charge in [0, 0.05) is 6.54 Å². The Bertz CT molecular complexity index is 737. The van der Waals surface area contributed by atoms with E-state index in [0.29, 0.717) is 23.7 Å². The maximum atomic E-state index is 5.72. The number of nitrogens with one attached hydrogen (secondary N) is 2. The van der Waals surface area contributed by atoms with Crippen LogP contribution in [0.3, 0.4) is 0 Å². The molecule has 0 radical (unpaired) electrons. The summed E-state index contributed by atoms with van der Waals surface area (Å²) in [5, 5.41) is 3.11. The Labute approximate surface area is 121 Å². The molecule has 0 saturated heterocycles. The van der Waals surface area contributed by atoms with Crippen LogP contribution in [0.4, 0.5) is 5.95 Å². The average Bonchev–Trinajstić information content (AvgIpc) is 2.94. The molecule has 0 aliphatic rings. The summed E-state index contributed by atoms with van der Waals surface area (Å²) < 4.78 is 5.72. The minimum absolute atomic E-state index is 0.158. The van der Waals surface area contributed by atoms with Crippen molar-refractivity contribution < 1.29 is 4.74 Å². The molecule has 0 atom stereocenters. The van der Waals surface area contributed by atoms with Gasteiger partial charge in [-0.25, -0.2) is 4.98 Å². The third-order valence-corrected chi connectivity index (χ3v) is 3.04. The van der Waals surface area contributed by atoms with Crippen LogP contribution >= 0.6 is 0 Å². The fourth-order valence-electron chi connectivity index (χ4n) is 2.04. The molecule has 3 rings (SSSR count). The zero-order valence-corrected chi connectivity index (χ0v) is 11.6. The quantitative estimate of drug-likeness (QED) is 0.651. The number of hydrogen-bond acceptors (Lipinski definition) is 6. The van der Waals surface area contributed by atoms with Gasteiger partial charge in [0.2, 0.25) is 11.8 Å². The number of anilines is 1. The Kier molecular flexibility index (Phi) is 3.65. The molecule has 3 aromatic rings. The Balaban J connectivity index is 1.75. The number of rotatable bonds is 5. The minimum Gasteiger partial charge on any atom is -0.471 e. The van der Waals surface area contributed by atoms with E-state index in [4.69, 9.17) is 10.5 Å². The lowest BCUT2D eigenvalue weighted by molar-refractivity contribution is 0.297. The van der Waals surface area contributed by atoms with Crippen molar-refractivity contribution in [1.82, 2.24) is 25.3 Å². The van der Waals surface area contributed by atoms with Gasteiger partial charge in [-0.2, -0.15) is 9.97 Å². The summed E-state index contributed by atoms with van der Waals surface area (Å²) in [7, 11) is 1.92. The van der Waals surface area contributed by atoms with Gasteiger partial charge in [-0.1, -0.05) is 24.3 Å². The SMILES string of the molecule is CNCc1ccc(COc2nc(N)nc3[nH]cnc23)cc1. The summed E-state index contributed by atoms with van der Waals surface area (Å²) in [6.45, 7) is 1.25. The van der Waals surface area contributed by atoms with Gasteiger partial charge in [-0.05, 0) is 18.2 Å². The topological polar surface area (TPSA) is 102 Å². The summed E-state index contributed by atoms with van der Waals surface area (Å²) >= 11 is 0. The van der Waals surface area contributed by atoms with Crippen molar-refractivity contribution in [2.45, 2.75) is 13.2 Å². The van der Waals surface area contributed by atoms with Crippen LogP contribution in [0.15, 0.2) is 30.6 Å². The first-order valence-electron chi connectivity index (χ1n) is 6.58. The molecule has 2 heterocycles. The summed E-state index contributed by atoms with van der Waals surface area (Å²) in [5.74, 6) is 0.546. The number of benzene rings is 1. The highest BCUT2D eigenvalue weighted by atomic mass is 16.5. The van der Waals surface area contributed by atoms with Gasteiger partial charge in [0.05, 0.1) is 6.33 Å². The van der Waals surface area contributed by atoms with Crippen molar-refractivity contribution in [3.8, 4) is 5.88 Å². The predicted molar refractivity (Wildman–Crippen MR) is 79.6 cm³/mol. The number of fused-ring (bicyclic) bond motifs is 1. The van der Waals surface area contributed by atoms with Crippen LogP contribution in [-0.4, -0.2) is 27.0 Å². The van der Waals surface area contributed by atoms with Crippen molar-refractivity contribution >= 4 is 17.1 Å².